The average Bonchev–Trinajstić information content (AvgIpc) is 3.19. The van der Waals surface area contributed by atoms with Gasteiger partial charge in [-0.1, -0.05) is 29.3 Å². The van der Waals surface area contributed by atoms with Crippen LogP contribution in [0.1, 0.15) is 35.2 Å². The van der Waals surface area contributed by atoms with Gasteiger partial charge in [-0.05, 0) is 49.1 Å². The second kappa shape index (κ2) is 9.87. The van der Waals surface area contributed by atoms with Gasteiger partial charge in [-0.15, -0.1) is 0 Å². The smallest absolute Gasteiger partial charge is 0.264 e. The predicted octanol–water partition coefficient (Wildman–Crippen LogP) is 4.46. The molecule has 2 aromatic carbocycles. The highest BCUT2D eigenvalue weighted by Crippen LogP contribution is 2.41. The van der Waals surface area contributed by atoms with E-state index in [4.69, 9.17) is 37.2 Å². The van der Waals surface area contributed by atoms with Gasteiger partial charge in [0, 0.05) is 30.1 Å². The van der Waals surface area contributed by atoms with E-state index in [0.717, 1.165) is 5.56 Å². The lowest BCUT2D eigenvalue weighted by Gasteiger charge is -2.30. The molecule has 0 aromatic heterocycles. The highest BCUT2D eigenvalue weighted by Gasteiger charge is 2.41. The molecule has 7 nitrogen and oxygen atoms in total. The van der Waals surface area contributed by atoms with Gasteiger partial charge >= 0.3 is 0 Å². The molecule has 1 fully saturated rings. The van der Waals surface area contributed by atoms with Crippen LogP contribution in [0.15, 0.2) is 36.4 Å². The Morgan fingerprint density at radius 1 is 1.09 bits per heavy atom. The van der Waals surface area contributed by atoms with Crippen LogP contribution in [-0.2, 0) is 15.5 Å². The van der Waals surface area contributed by atoms with Crippen LogP contribution in [0.25, 0.3) is 0 Å². The zero-order valence-electron chi connectivity index (χ0n) is 17.8. The molecular formula is C22H25Cl2NO6S. The second-order valence-corrected chi connectivity index (χ2v) is 10.3. The molecule has 1 aliphatic rings. The van der Waals surface area contributed by atoms with Crippen LogP contribution in [0.4, 0.5) is 0 Å². The monoisotopic (exact) mass is 501 g/mol. The predicted molar refractivity (Wildman–Crippen MR) is 124 cm³/mol. The number of amides is 1. The number of nitrogens with zero attached hydrogens (tertiary/aromatic N) is 1. The molecule has 174 valence electrons. The van der Waals surface area contributed by atoms with Gasteiger partial charge < -0.3 is 14.4 Å². The summed E-state index contributed by atoms with van der Waals surface area (Å²) in [4.78, 5) is 15.0. The summed E-state index contributed by atoms with van der Waals surface area (Å²) in [5.74, 6) is 0.488. The Balaban J connectivity index is 1.90. The maximum Gasteiger partial charge on any atom is 0.264 e. The van der Waals surface area contributed by atoms with Crippen molar-refractivity contribution in [3.05, 3.63) is 57.6 Å². The molecule has 0 radical (unpaired) electrons. The number of ether oxygens (including phenoxy) is 2. The van der Waals surface area contributed by atoms with Crippen molar-refractivity contribution < 1.29 is 27.2 Å². The van der Waals surface area contributed by atoms with E-state index >= 15 is 0 Å². The lowest BCUT2D eigenvalue weighted by Crippen LogP contribution is -2.35. The fraction of sp³-hybridized carbons (Fsp3) is 0.409. The number of methoxy groups -OCH3 is 2. The van der Waals surface area contributed by atoms with Crippen molar-refractivity contribution in [3.63, 3.8) is 0 Å². The standard InChI is InChI=1S/C22H25Cl2NO6S/c1-30-17-10-15(11-18(13-17)31-2)21(26)25-8-7-22(14-25,6-3-9-32(27,28)29)16-4-5-19(23)20(24)12-16/h4-5,10-13H,3,6-9,14H2,1-2H3,(H,27,28,29). The van der Waals surface area contributed by atoms with Crippen molar-refractivity contribution in [2.24, 2.45) is 0 Å². The van der Waals surface area contributed by atoms with Gasteiger partial charge in [-0.3, -0.25) is 9.35 Å². The number of rotatable bonds is 8. The minimum Gasteiger partial charge on any atom is -0.497 e. The number of hydrogen-bond acceptors (Lipinski definition) is 5. The van der Waals surface area contributed by atoms with Crippen molar-refractivity contribution in [3.8, 4) is 11.5 Å². The largest absolute Gasteiger partial charge is 0.497 e. The van der Waals surface area contributed by atoms with Gasteiger partial charge in [-0.2, -0.15) is 8.42 Å². The third-order valence-electron chi connectivity index (χ3n) is 5.83. The van der Waals surface area contributed by atoms with E-state index < -0.39 is 15.5 Å². The summed E-state index contributed by atoms with van der Waals surface area (Å²) in [5, 5.41) is 0.804. The summed E-state index contributed by atoms with van der Waals surface area (Å²) in [6.07, 6.45) is 1.31. The quantitative estimate of drug-likeness (QED) is 0.536. The molecule has 1 N–H and O–H groups in total. The fourth-order valence-corrected chi connectivity index (χ4v) is 4.97. The van der Waals surface area contributed by atoms with Crippen LogP contribution in [-0.4, -0.2) is 56.8 Å². The second-order valence-electron chi connectivity index (χ2n) is 7.88. The molecule has 1 saturated heterocycles. The van der Waals surface area contributed by atoms with Gasteiger partial charge in [-0.25, -0.2) is 0 Å². The van der Waals surface area contributed by atoms with Gasteiger partial charge in [0.2, 0.25) is 0 Å². The van der Waals surface area contributed by atoms with E-state index in [0.29, 0.717) is 53.0 Å². The number of benzene rings is 2. The zero-order chi connectivity index (χ0) is 23.5. The number of likely N-dealkylation sites (tertiary alicyclic amines) is 1. The first-order valence-electron chi connectivity index (χ1n) is 10.00. The highest BCUT2D eigenvalue weighted by atomic mass is 35.5. The Bertz CT molecular complexity index is 1090. The minimum absolute atomic E-state index is 0.182. The number of carbonyl (C=O) groups excluding carboxylic acids is 1. The van der Waals surface area contributed by atoms with E-state index in [1.54, 1.807) is 35.2 Å². The first kappa shape index (κ1) is 24.6. The van der Waals surface area contributed by atoms with Crippen molar-refractivity contribution in [1.82, 2.24) is 4.90 Å². The Hall–Kier alpha value is -2.00. The van der Waals surface area contributed by atoms with E-state index in [9.17, 15) is 13.2 Å². The zero-order valence-corrected chi connectivity index (χ0v) is 20.1. The molecule has 1 amide bonds. The molecule has 1 aliphatic heterocycles. The SMILES string of the molecule is COc1cc(OC)cc(C(=O)N2CCC(CCCS(=O)(=O)O)(c3ccc(Cl)c(Cl)c3)C2)c1. The maximum absolute atomic E-state index is 13.3. The van der Waals surface area contributed by atoms with E-state index in [-0.39, 0.29) is 18.1 Å². The summed E-state index contributed by atoms with van der Waals surface area (Å²) in [5.41, 5.74) is 0.794. The van der Waals surface area contributed by atoms with Crippen LogP contribution in [0, 0.1) is 0 Å². The molecule has 0 spiro atoms. The molecule has 0 aliphatic carbocycles. The molecule has 0 bridgehead atoms. The lowest BCUT2D eigenvalue weighted by molar-refractivity contribution is 0.0781. The molecule has 3 rings (SSSR count). The topological polar surface area (TPSA) is 93.1 Å². The molecule has 0 saturated carbocycles. The highest BCUT2D eigenvalue weighted by molar-refractivity contribution is 7.85. The molecule has 1 unspecified atom stereocenters. The molecule has 1 atom stereocenters. The summed E-state index contributed by atoms with van der Waals surface area (Å²) in [6, 6.07) is 10.3. The molecule has 1 heterocycles. The van der Waals surface area contributed by atoms with Crippen molar-refractivity contribution in [2.45, 2.75) is 24.7 Å². The van der Waals surface area contributed by atoms with E-state index in [1.165, 1.54) is 14.2 Å². The van der Waals surface area contributed by atoms with Crippen LogP contribution < -0.4 is 9.47 Å². The van der Waals surface area contributed by atoms with E-state index in [2.05, 4.69) is 0 Å². The Morgan fingerprint density at radius 3 is 2.31 bits per heavy atom. The molecule has 10 heteroatoms. The lowest BCUT2D eigenvalue weighted by atomic mass is 9.76. The fourth-order valence-electron chi connectivity index (χ4n) is 4.16. The normalized spacial score (nSPS) is 18.6. The summed E-state index contributed by atoms with van der Waals surface area (Å²) in [6.45, 7) is 0.847. The summed E-state index contributed by atoms with van der Waals surface area (Å²) < 4.78 is 42.2. The van der Waals surface area contributed by atoms with Gasteiger partial charge in [0.05, 0.1) is 30.0 Å². The van der Waals surface area contributed by atoms with Crippen LogP contribution in [0.3, 0.4) is 0 Å². The summed E-state index contributed by atoms with van der Waals surface area (Å²) >= 11 is 12.3. The Kier molecular flexibility index (Phi) is 7.60. The van der Waals surface area contributed by atoms with Crippen LogP contribution >= 0.6 is 23.2 Å². The third kappa shape index (κ3) is 5.67. The van der Waals surface area contributed by atoms with Gasteiger partial charge in [0.25, 0.3) is 16.0 Å². The molecular weight excluding hydrogens is 477 g/mol. The van der Waals surface area contributed by atoms with Crippen molar-refractivity contribution >= 4 is 39.2 Å². The third-order valence-corrected chi connectivity index (χ3v) is 7.37. The Labute approximate surface area is 198 Å². The van der Waals surface area contributed by atoms with Gasteiger partial charge in [0.15, 0.2) is 0 Å². The molecule has 2 aromatic rings. The first-order valence-corrected chi connectivity index (χ1v) is 12.4. The van der Waals surface area contributed by atoms with Crippen LogP contribution in [0.5, 0.6) is 11.5 Å². The summed E-state index contributed by atoms with van der Waals surface area (Å²) in [7, 11) is -1.05. The number of carbonyl (C=O) groups is 1. The molecule has 32 heavy (non-hydrogen) atoms. The Morgan fingerprint density at radius 2 is 1.75 bits per heavy atom. The van der Waals surface area contributed by atoms with Crippen LogP contribution in [0.2, 0.25) is 10.0 Å². The van der Waals surface area contributed by atoms with Gasteiger partial charge in [0.1, 0.15) is 11.5 Å². The number of halogens is 2. The van der Waals surface area contributed by atoms with Crippen molar-refractivity contribution in [1.29, 1.82) is 0 Å². The average molecular weight is 502 g/mol. The van der Waals surface area contributed by atoms with Crippen molar-refractivity contribution in [2.75, 3.05) is 33.1 Å². The first-order chi connectivity index (χ1) is 15.1. The van der Waals surface area contributed by atoms with E-state index in [1.807, 2.05) is 6.07 Å². The number of hydrogen-bond donors (Lipinski definition) is 1. The maximum atomic E-state index is 13.3. The minimum atomic E-state index is -4.08.